The van der Waals surface area contributed by atoms with Crippen LogP contribution in [0, 0.1) is 0 Å². The molecule has 0 atom stereocenters. The maximum absolute atomic E-state index is 11.8. The third-order valence-corrected chi connectivity index (χ3v) is 2.86. The summed E-state index contributed by atoms with van der Waals surface area (Å²) in [7, 11) is 0. The predicted octanol–water partition coefficient (Wildman–Crippen LogP) is 1.36. The molecule has 0 aliphatic heterocycles. The first kappa shape index (κ1) is 13.0. The number of rotatable bonds is 5. The van der Waals surface area contributed by atoms with E-state index >= 15 is 0 Å². The molecule has 8 nitrogen and oxygen atoms in total. The van der Waals surface area contributed by atoms with E-state index in [1.165, 1.54) is 17.3 Å². The smallest absolute Gasteiger partial charge is 0.226 e. The molecule has 1 aromatic carbocycles. The Morgan fingerprint density at radius 1 is 1.24 bits per heavy atom. The van der Waals surface area contributed by atoms with E-state index in [4.69, 9.17) is 4.52 Å². The molecule has 8 heteroatoms. The SMILES string of the molecule is O=C(CCn1cnnn1)Nc1ccc(-c2ccon2)cc1. The van der Waals surface area contributed by atoms with Crippen molar-refractivity contribution >= 4 is 11.6 Å². The van der Waals surface area contributed by atoms with Crippen LogP contribution in [0.15, 0.2) is 47.4 Å². The Morgan fingerprint density at radius 2 is 2.10 bits per heavy atom. The quantitative estimate of drug-likeness (QED) is 0.759. The third kappa shape index (κ3) is 3.30. The topological polar surface area (TPSA) is 98.7 Å². The number of carbonyl (C=O) groups is 1. The third-order valence-electron chi connectivity index (χ3n) is 2.86. The molecule has 0 aliphatic rings. The summed E-state index contributed by atoms with van der Waals surface area (Å²) in [5, 5.41) is 17.4. The average Bonchev–Trinajstić information content (AvgIpc) is 3.19. The lowest BCUT2D eigenvalue weighted by Crippen LogP contribution is -2.14. The molecule has 3 aromatic rings. The van der Waals surface area contributed by atoms with Gasteiger partial charge in [0.2, 0.25) is 5.91 Å². The molecule has 21 heavy (non-hydrogen) atoms. The summed E-state index contributed by atoms with van der Waals surface area (Å²) in [6.07, 6.45) is 3.29. The molecule has 106 valence electrons. The number of hydrogen-bond donors (Lipinski definition) is 1. The van der Waals surface area contributed by atoms with E-state index in [9.17, 15) is 4.79 Å². The number of aryl methyl sites for hydroxylation is 1. The van der Waals surface area contributed by atoms with Crippen molar-refractivity contribution in [3.05, 3.63) is 42.9 Å². The number of hydrogen-bond acceptors (Lipinski definition) is 6. The van der Waals surface area contributed by atoms with E-state index in [0.717, 1.165) is 16.9 Å². The predicted molar refractivity (Wildman–Crippen MR) is 73.0 cm³/mol. The van der Waals surface area contributed by atoms with Crippen molar-refractivity contribution in [3.63, 3.8) is 0 Å². The first-order valence-corrected chi connectivity index (χ1v) is 6.33. The van der Waals surface area contributed by atoms with Gasteiger partial charge in [-0.25, -0.2) is 4.68 Å². The molecule has 0 spiro atoms. The van der Waals surface area contributed by atoms with Crippen molar-refractivity contribution in [2.24, 2.45) is 0 Å². The fraction of sp³-hybridized carbons (Fsp3) is 0.154. The highest BCUT2D eigenvalue weighted by molar-refractivity contribution is 5.90. The summed E-state index contributed by atoms with van der Waals surface area (Å²) < 4.78 is 6.30. The zero-order valence-corrected chi connectivity index (χ0v) is 11.0. The molecule has 0 saturated heterocycles. The van der Waals surface area contributed by atoms with Gasteiger partial charge in [-0.05, 0) is 22.6 Å². The van der Waals surface area contributed by atoms with E-state index in [1.54, 1.807) is 6.07 Å². The summed E-state index contributed by atoms with van der Waals surface area (Å²) >= 11 is 0. The molecule has 0 saturated carbocycles. The van der Waals surface area contributed by atoms with Crippen LogP contribution in [-0.4, -0.2) is 31.3 Å². The number of anilines is 1. The normalized spacial score (nSPS) is 10.5. The summed E-state index contributed by atoms with van der Waals surface area (Å²) in [5.41, 5.74) is 2.41. The molecule has 0 bridgehead atoms. The van der Waals surface area contributed by atoms with Gasteiger partial charge in [0.25, 0.3) is 0 Å². The molecule has 0 radical (unpaired) electrons. The Labute approximate surface area is 119 Å². The monoisotopic (exact) mass is 284 g/mol. The number of benzene rings is 1. The van der Waals surface area contributed by atoms with Gasteiger partial charge in [0, 0.05) is 23.7 Å². The second-order valence-corrected chi connectivity index (χ2v) is 4.33. The van der Waals surface area contributed by atoms with E-state index in [1.807, 2.05) is 24.3 Å². The minimum absolute atomic E-state index is 0.0975. The van der Waals surface area contributed by atoms with Crippen LogP contribution in [0.5, 0.6) is 0 Å². The van der Waals surface area contributed by atoms with Crippen LogP contribution in [0.25, 0.3) is 11.3 Å². The van der Waals surface area contributed by atoms with Crippen LogP contribution in [-0.2, 0) is 11.3 Å². The van der Waals surface area contributed by atoms with E-state index < -0.39 is 0 Å². The molecule has 2 heterocycles. The Hall–Kier alpha value is -3.03. The first-order chi connectivity index (χ1) is 10.3. The van der Waals surface area contributed by atoms with Crippen molar-refractivity contribution in [1.29, 1.82) is 0 Å². The lowest BCUT2D eigenvalue weighted by Gasteiger charge is -2.05. The molecule has 0 aliphatic carbocycles. The Kier molecular flexibility index (Phi) is 3.68. The van der Waals surface area contributed by atoms with E-state index in [-0.39, 0.29) is 5.91 Å². The molecule has 0 unspecified atom stereocenters. The first-order valence-electron chi connectivity index (χ1n) is 6.33. The van der Waals surface area contributed by atoms with Gasteiger partial charge in [0.15, 0.2) is 0 Å². The highest BCUT2D eigenvalue weighted by Crippen LogP contribution is 2.19. The number of amides is 1. The van der Waals surface area contributed by atoms with Crippen LogP contribution < -0.4 is 5.32 Å². The van der Waals surface area contributed by atoms with Crippen LogP contribution in [0.1, 0.15) is 6.42 Å². The van der Waals surface area contributed by atoms with E-state index in [2.05, 4.69) is 26.0 Å². The number of nitrogens with one attached hydrogen (secondary N) is 1. The number of carbonyl (C=O) groups excluding carboxylic acids is 1. The van der Waals surface area contributed by atoms with Gasteiger partial charge in [-0.3, -0.25) is 4.79 Å². The van der Waals surface area contributed by atoms with Crippen molar-refractivity contribution in [2.75, 3.05) is 5.32 Å². The standard InChI is InChI=1S/C13H12N6O2/c20-13(5-7-19-9-14-17-18-19)15-11-3-1-10(2-4-11)12-6-8-21-16-12/h1-4,6,8-9H,5,7H2,(H,15,20). The maximum atomic E-state index is 11.8. The lowest BCUT2D eigenvalue weighted by molar-refractivity contribution is -0.116. The minimum Gasteiger partial charge on any atom is -0.364 e. The summed E-state index contributed by atoms with van der Waals surface area (Å²) in [5.74, 6) is -0.0975. The largest absolute Gasteiger partial charge is 0.364 e. The van der Waals surface area contributed by atoms with E-state index in [0.29, 0.717) is 13.0 Å². The summed E-state index contributed by atoms with van der Waals surface area (Å²) in [6, 6.07) is 9.15. The second kappa shape index (κ2) is 5.95. The lowest BCUT2D eigenvalue weighted by atomic mass is 10.1. The van der Waals surface area contributed by atoms with Crippen molar-refractivity contribution in [3.8, 4) is 11.3 Å². The Bertz CT molecular complexity index is 691. The second-order valence-electron chi connectivity index (χ2n) is 4.33. The molecule has 1 N–H and O–H groups in total. The summed E-state index contributed by atoms with van der Waals surface area (Å²) in [4.78, 5) is 11.8. The van der Waals surface area contributed by atoms with Crippen molar-refractivity contribution in [1.82, 2.24) is 25.4 Å². The molecular formula is C13H12N6O2. The van der Waals surface area contributed by atoms with Gasteiger partial charge in [-0.2, -0.15) is 0 Å². The van der Waals surface area contributed by atoms with Gasteiger partial charge in [-0.15, -0.1) is 5.10 Å². The molecule has 3 rings (SSSR count). The highest BCUT2D eigenvalue weighted by atomic mass is 16.5. The zero-order valence-electron chi connectivity index (χ0n) is 11.0. The number of tetrazole rings is 1. The van der Waals surface area contributed by atoms with Gasteiger partial charge < -0.3 is 9.84 Å². The van der Waals surface area contributed by atoms with Gasteiger partial charge in [0.1, 0.15) is 18.3 Å². The average molecular weight is 284 g/mol. The molecule has 1 amide bonds. The zero-order chi connectivity index (χ0) is 14.5. The van der Waals surface area contributed by atoms with Gasteiger partial charge in [-0.1, -0.05) is 17.3 Å². The van der Waals surface area contributed by atoms with Crippen LogP contribution in [0.3, 0.4) is 0 Å². The van der Waals surface area contributed by atoms with Crippen LogP contribution >= 0.6 is 0 Å². The minimum atomic E-state index is -0.0975. The fourth-order valence-corrected chi connectivity index (χ4v) is 1.81. The number of aromatic nitrogens is 5. The highest BCUT2D eigenvalue weighted by Gasteiger charge is 2.05. The Morgan fingerprint density at radius 3 is 2.76 bits per heavy atom. The van der Waals surface area contributed by atoms with Crippen LogP contribution in [0.4, 0.5) is 5.69 Å². The summed E-state index contributed by atoms with van der Waals surface area (Å²) in [6.45, 7) is 0.440. The van der Waals surface area contributed by atoms with Crippen LogP contribution in [0.2, 0.25) is 0 Å². The molecular weight excluding hydrogens is 272 g/mol. The Balaban J connectivity index is 1.56. The van der Waals surface area contributed by atoms with Gasteiger partial charge >= 0.3 is 0 Å². The van der Waals surface area contributed by atoms with Gasteiger partial charge in [0.05, 0.1) is 6.54 Å². The molecule has 2 aromatic heterocycles. The maximum Gasteiger partial charge on any atom is 0.226 e. The number of nitrogens with zero attached hydrogens (tertiary/aromatic N) is 5. The van der Waals surface area contributed by atoms with Crippen molar-refractivity contribution in [2.45, 2.75) is 13.0 Å². The molecule has 0 fully saturated rings. The fourth-order valence-electron chi connectivity index (χ4n) is 1.81. The van der Waals surface area contributed by atoms with Crippen molar-refractivity contribution < 1.29 is 9.32 Å².